The fraction of sp³-hybridized carbons (Fsp3) is 0.174. The normalized spacial score (nSPS) is 11.5. The summed E-state index contributed by atoms with van der Waals surface area (Å²) in [6, 6.07) is 21.4. The summed E-state index contributed by atoms with van der Waals surface area (Å²) in [7, 11) is 0. The van der Waals surface area contributed by atoms with E-state index in [1.807, 2.05) is 72.8 Å². The van der Waals surface area contributed by atoms with Crippen LogP contribution < -0.4 is 10.6 Å². The van der Waals surface area contributed by atoms with E-state index in [0.29, 0.717) is 0 Å². The topological polar surface area (TPSA) is 105 Å². The zero-order valence-corrected chi connectivity index (χ0v) is 16.2. The Balaban J connectivity index is 1.49. The van der Waals surface area contributed by atoms with Crippen LogP contribution in [0.25, 0.3) is 10.8 Å². The highest BCUT2D eigenvalue weighted by Crippen LogP contribution is 2.16. The van der Waals surface area contributed by atoms with Crippen LogP contribution in [-0.4, -0.2) is 35.7 Å². The van der Waals surface area contributed by atoms with Gasteiger partial charge < -0.3 is 20.5 Å². The lowest BCUT2D eigenvalue weighted by Crippen LogP contribution is -2.46. The molecule has 0 spiro atoms. The van der Waals surface area contributed by atoms with Crippen molar-refractivity contribution in [1.29, 1.82) is 0 Å². The molecule has 3 aromatic rings. The molecule has 0 fully saturated rings. The van der Waals surface area contributed by atoms with E-state index in [1.165, 1.54) is 0 Å². The summed E-state index contributed by atoms with van der Waals surface area (Å²) >= 11 is 0. The van der Waals surface area contributed by atoms with Gasteiger partial charge in [0, 0.05) is 6.42 Å². The van der Waals surface area contributed by atoms with Gasteiger partial charge in [0.05, 0.1) is 0 Å². The summed E-state index contributed by atoms with van der Waals surface area (Å²) in [5.41, 5.74) is 1.61. The molecule has 3 N–H and O–H groups in total. The molecule has 0 aliphatic carbocycles. The van der Waals surface area contributed by atoms with Gasteiger partial charge in [0.25, 0.3) is 0 Å². The van der Waals surface area contributed by atoms with Gasteiger partial charge in [-0.05, 0) is 21.9 Å². The van der Waals surface area contributed by atoms with E-state index in [2.05, 4.69) is 10.6 Å². The van der Waals surface area contributed by atoms with Crippen molar-refractivity contribution in [2.75, 3.05) is 6.54 Å². The van der Waals surface area contributed by atoms with Crippen LogP contribution in [0.1, 0.15) is 11.1 Å². The molecule has 7 heteroatoms. The van der Waals surface area contributed by atoms with E-state index in [4.69, 9.17) is 4.74 Å². The molecule has 2 amide bonds. The SMILES string of the molecule is O=C(CNC(=O)OCc1ccccc1)N[C@H](Cc1ccc2ccccc2c1)C(=O)O. The fourth-order valence-corrected chi connectivity index (χ4v) is 2.97. The summed E-state index contributed by atoms with van der Waals surface area (Å²) in [5.74, 6) is -1.76. The maximum absolute atomic E-state index is 12.1. The second kappa shape index (κ2) is 10.1. The molecular weight excluding hydrogens is 384 g/mol. The van der Waals surface area contributed by atoms with Crippen molar-refractivity contribution >= 4 is 28.7 Å². The Morgan fingerprint density at radius 2 is 1.57 bits per heavy atom. The number of hydrogen-bond acceptors (Lipinski definition) is 4. The van der Waals surface area contributed by atoms with Crippen molar-refractivity contribution in [2.24, 2.45) is 0 Å². The minimum absolute atomic E-state index is 0.0774. The largest absolute Gasteiger partial charge is 0.480 e. The lowest BCUT2D eigenvalue weighted by molar-refractivity contribution is -0.141. The third kappa shape index (κ3) is 6.07. The smallest absolute Gasteiger partial charge is 0.407 e. The van der Waals surface area contributed by atoms with Gasteiger partial charge in [-0.2, -0.15) is 0 Å². The first-order chi connectivity index (χ1) is 14.5. The predicted molar refractivity (Wildman–Crippen MR) is 112 cm³/mol. The van der Waals surface area contributed by atoms with E-state index in [0.717, 1.165) is 21.9 Å². The summed E-state index contributed by atoms with van der Waals surface area (Å²) in [4.78, 5) is 35.4. The average molecular weight is 406 g/mol. The predicted octanol–water partition coefficient (Wildman–Crippen LogP) is 2.88. The lowest BCUT2D eigenvalue weighted by Gasteiger charge is -2.15. The lowest BCUT2D eigenvalue weighted by atomic mass is 10.0. The minimum Gasteiger partial charge on any atom is -0.480 e. The number of carboxylic acid groups (broad SMARTS) is 1. The third-order valence-corrected chi connectivity index (χ3v) is 4.49. The van der Waals surface area contributed by atoms with Crippen LogP contribution >= 0.6 is 0 Å². The molecule has 0 aliphatic rings. The van der Waals surface area contributed by atoms with Crippen molar-refractivity contribution in [3.8, 4) is 0 Å². The molecule has 0 unspecified atom stereocenters. The van der Waals surface area contributed by atoms with Crippen molar-refractivity contribution < 1.29 is 24.2 Å². The Hall–Kier alpha value is -3.87. The molecule has 0 radical (unpaired) electrons. The van der Waals surface area contributed by atoms with E-state index in [9.17, 15) is 19.5 Å². The van der Waals surface area contributed by atoms with Gasteiger partial charge >= 0.3 is 12.1 Å². The monoisotopic (exact) mass is 406 g/mol. The van der Waals surface area contributed by atoms with E-state index in [-0.39, 0.29) is 19.6 Å². The third-order valence-electron chi connectivity index (χ3n) is 4.49. The van der Waals surface area contributed by atoms with Gasteiger partial charge in [0.1, 0.15) is 19.2 Å². The van der Waals surface area contributed by atoms with Gasteiger partial charge in [-0.1, -0.05) is 72.8 Å². The number of aliphatic carboxylic acids is 1. The number of fused-ring (bicyclic) bond motifs is 1. The molecule has 154 valence electrons. The maximum Gasteiger partial charge on any atom is 0.407 e. The van der Waals surface area contributed by atoms with Gasteiger partial charge in [-0.25, -0.2) is 9.59 Å². The van der Waals surface area contributed by atoms with Crippen LogP contribution in [0.2, 0.25) is 0 Å². The number of carbonyl (C=O) groups excluding carboxylic acids is 2. The second-order valence-electron chi connectivity index (χ2n) is 6.76. The Morgan fingerprint density at radius 1 is 0.867 bits per heavy atom. The van der Waals surface area contributed by atoms with Crippen molar-refractivity contribution in [3.63, 3.8) is 0 Å². The molecule has 0 bridgehead atoms. The molecule has 3 aromatic carbocycles. The summed E-state index contributed by atoms with van der Waals surface area (Å²) in [6.45, 7) is -0.302. The van der Waals surface area contributed by atoms with Crippen LogP contribution in [0.3, 0.4) is 0 Å². The van der Waals surface area contributed by atoms with Crippen molar-refractivity contribution in [3.05, 3.63) is 83.9 Å². The Bertz CT molecular complexity index is 1040. The van der Waals surface area contributed by atoms with Gasteiger partial charge in [0.15, 0.2) is 0 Å². The van der Waals surface area contributed by atoms with Crippen LogP contribution in [0.5, 0.6) is 0 Å². The number of nitrogens with one attached hydrogen (secondary N) is 2. The number of rotatable bonds is 8. The van der Waals surface area contributed by atoms with Crippen molar-refractivity contribution in [2.45, 2.75) is 19.1 Å². The number of benzene rings is 3. The van der Waals surface area contributed by atoms with Crippen LogP contribution in [0, 0.1) is 0 Å². The molecule has 0 saturated carbocycles. The zero-order chi connectivity index (χ0) is 21.3. The Kier molecular flexibility index (Phi) is 7.00. The highest BCUT2D eigenvalue weighted by molar-refractivity contribution is 5.87. The minimum atomic E-state index is -1.15. The molecule has 30 heavy (non-hydrogen) atoms. The number of ether oxygens (including phenoxy) is 1. The van der Waals surface area contributed by atoms with Gasteiger partial charge in [-0.15, -0.1) is 0 Å². The van der Waals surface area contributed by atoms with E-state index < -0.39 is 24.0 Å². The van der Waals surface area contributed by atoms with E-state index >= 15 is 0 Å². The summed E-state index contributed by atoms with van der Waals surface area (Å²) in [6.07, 6.45) is -0.625. The standard InChI is InChI=1S/C23H22N2O5/c26-21(14-24-23(29)30-15-16-6-2-1-3-7-16)25-20(22(27)28)13-17-10-11-18-8-4-5-9-19(18)12-17/h1-12,20H,13-15H2,(H,24,29)(H,25,26)(H,27,28)/t20-/m1/s1. The molecule has 0 aromatic heterocycles. The number of hydrogen-bond donors (Lipinski definition) is 3. The Morgan fingerprint density at radius 3 is 2.30 bits per heavy atom. The molecule has 1 atom stereocenters. The molecule has 7 nitrogen and oxygen atoms in total. The maximum atomic E-state index is 12.1. The second-order valence-corrected chi connectivity index (χ2v) is 6.76. The van der Waals surface area contributed by atoms with Crippen molar-refractivity contribution in [1.82, 2.24) is 10.6 Å². The summed E-state index contributed by atoms with van der Waals surface area (Å²) in [5, 5.41) is 16.3. The average Bonchev–Trinajstić information content (AvgIpc) is 2.76. The number of carbonyl (C=O) groups is 3. The number of carboxylic acids is 1. The van der Waals surface area contributed by atoms with Crippen LogP contribution in [0.15, 0.2) is 72.8 Å². The van der Waals surface area contributed by atoms with Gasteiger partial charge in [0.2, 0.25) is 5.91 Å². The molecule has 0 heterocycles. The highest BCUT2D eigenvalue weighted by atomic mass is 16.5. The molecule has 0 saturated heterocycles. The molecule has 3 rings (SSSR count). The summed E-state index contributed by atoms with van der Waals surface area (Å²) < 4.78 is 5.02. The zero-order valence-electron chi connectivity index (χ0n) is 16.2. The van der Waals surface area contributed by atoms with Crippen LogP contribution in [0.4, 0.5) is 4.79 Å². The van der Waals surface area contributed by atoms with Gasteiger partial charge in [-0.3, -0.25) is 4.79 Å². The fourth-order valence-electron chi connectivity index (χ4n) is 2.97. The first-order valence-corrected chi connectivity index (χ1v) is 9.45. The molecule has 0 aliphatic heterocycles. The number of amides is 2. The highest BCUT2D eigenvalue weighted by Gasteiger charge is 2.21. The van der Waals surface area contributed by atoms with E-state index in [1.54, 1.807) is 0 Å². The molecular formula is C23H22N2O5. The van der Waals surface area contributed by atoms with Crippen LogP contribution in [-0.2, 0) is 27.4 Å². The first kappa shape index (κ1) is 20.9. The quantitative estimate of drug-likeness (QED) is 0.534. The Labute approximate surface area is 173 Å². The number of alkyl carbamates (subject to hydrolysis) is 1. The first-order valence-electron chi connectivity index (χ1n) is 9.45.